The fourth-order valence-electron chi connectivity index (χ4n) is 3.43. The second-order valence-corrected chi connectivity index (χ2v) is 7.76. The Kier molecular flexibility index (Phi) is 4.57. The van der Waals surface area contributed by atoms with Crippen molar-refractivity contribution in [2.45, 2.75) is 44.6 Å². The van der Waals surface area contributed by atoms with Crippen molar-refractivity contribution >= 4 is 22.0 Å². The van der Waals surface area contributed by atoms with E-state index in [0.717, 1.165) is 17.1 Å². The minimum Gasteiger partial charge on any atom is -0.480 e. The molecule has 2 fully saturated rings. The fourth-order valence-corrected chi connectivity index (χ4v) is 5.69. The summed E-state index contributed by atoms with van der Waals surface area (Å²) in [5.74, 6) is -1.99. The van der Waals surface area contributed by atoms with E-state index < -0.39 is 33.4 Å². The molecule has 0 amide bonds. The number of hydrogen-bond donors (Lipinski definition) is 1. The Morgan fingerprint density at radius 3 is 2.43 bits per heavy atom. The van der Waals surface area contributed by atoms with Crippen LogP contribution in [0.2, 0.25) is 0 Å². The van der Waals surface area contributed by atoms with Gasteiger partial charge in [0, 0.05) is 6.54 Å². The zero-order valence-corrected chi connectivity index (χ0v) is 12.9. The minimum atomic E-state index is -3.80. The number of carboxylic acids is 1. The Balaban J connectivity index is 2.23. The average Bonchev–Trinajstić information content (AvgIpc) is 3.06. The van der Waals surface area contributed by atoms with Gasteiger partial charge in [-0.2, -0.15) is 4.31 Å². The van der Waals surface area contributed by atoms with Crippen LogP contribution in [-0.4, -0.2) is 55.2 Å². The number of hydrogen-bond acceptors (Lipinski definition) is 5. The number of carboxylic acid groups (broad SMARTS) is 1. The maximum Gasteiger partial charge on any atom is 0.322 e. The number of aliphatic carboxylic acids is 1. The number of carbonyl (C=O) groups is 2. The van der Waals surface area contributed by atoms with Crippen LogP contribution < -0.4 is 0 Å². The zero-order valence-electron chi connectivity index (χ0n) is 12.1. The second-order valence-electron chi connectivity index (χ2n) is 5.84. The van der Waals surface area contributed by atoms with Gasteiger partial charge in [-0.25, -0.2) is 8.42 Å². The van der Waals surface area contributed by atoms with E-state index in [1.165, 1.54) is 7.11 Å². The molecular formula is C13H21NO6S. The van der Waals surface area contributed by atoms with Gasteiger partial charge in [0.15, 0.2) is 0 Å². The number of nitrogens with zero attached hydrogens (tertiary/aromatic N) is 1. The molecule has 2 rings (SSSR count). The molecule has 1 atom stereocenters. The normalized spacial score (nSPS) is 25.9. The highest BCUT2D eigenvalue weighted by Crippen LogP contribution is 2.41. The van der Waals surface area contributed by atoms with E-state index in [1.807, 2.05) is 0 Å². The van der Waals surface area contributed by atoms with Crippen molar-refractivity contribution in [1.82, 2.24) is 4.31 Å². The lowest BCUT2D eigenvalue weighted by Gasteiger charge is -2.29. The first kappa shape index (κ1) is 16.2. The van der Waals surface area contributed by atoms with E-state index in [-0.39, 0.29) is 12.3 Å². The molecule has 1 aliphatic carbocycles. The number of sulfonamides is 1. The molecule has 7 nitrogen and oxygen atoms in total. The van der Waals surface area contributed by atoms with Crippen LogP contribution in [0.15, 0.2) is 0 Å². The van der Waals surface area contributed by atoms with E-state index in [9.17, 15) is 18.0 Å². The third-order valence-electron chi connectivity index (χ3n) is 4.48. The van der Waals surface area contributed by atoms with Crippen LogP contribution in [-0.2, 0) is 24.3 Å². The Hall–Kier alpha value is -1.15. The number of methoxy groups -OCH3 is 1. The SMILES string of the molecule is COC(=O)C1(CS(=O)(=O)N2CCC[C@@H]2C(=O)O)CCCC1. The van der Waals surface area contributed by atoms with Crippen LogP contribution in [0.5, 0.6) is 0 Å². The second kappa shape index (κ2) is 5.92. The van der Waals surface area contributed by atoms with Crippen molar-refractivity contribution in [3.8, 4) is 0 Å². The summed E-state index contributed by atoms with van der Waals surface area (Å²) < 4.78 is 31.0. The van der Waals surface area contributed by atoms with Crippen molar-refractivity contribution < 1.29 is 27.9 Å². The number of ether oxygens (including phenoxy) is 1. The lowest BCUT2D eigenvalue weighted by Crippen LogP contribution is -2.46. The van der Waals surface area contributed by atoms with Crippen molar-refractivity contribution in [3.05, 3.63) is 0 Å². The lowest BCUT2D eigenvalue weighted by atomic mass is 9.89. The van der Waals surface area contributed by atoms with Gasteiger partial charge >= 0.3 is 11.9 Å². The lowest BCUT2D eigenvalue weighted by molar-refractivity contribution is -0.151. The Bertz CT molecular complexity index is 523. The third kappa shape index (κ3) is 3.06. The van der Waals surface area contributed by atoms with Crippen LogP contribution in [0.1, 0.15) is 38.5 Å². The van der Waals surface area contributed by atoms with E-state index in [1.54, 1.807) is 0 Å². The summed E-state index contributed by atoms with van der Waals surface area (Å²) in [5, 5.41) is 9.13. The average molecular weight is 319 g/mol. The van der Waals surface area contributed by atoms with Crippen LogP contribution in [0, 0.1) is 5.41 Å². The molecule has 0 aromatic rings. The standard InChI is InChI=1S/C13H21NO6S/c1-20-12(17)13(6-2-3-7-13)9-21(18,19)14-8-4-5-10(14)11(15)16/h10H,2-9H2,1H3,(H,15,16)/t10-/m1/s1. The molecule has 0 unspecified atom stereocenters. The van der Waals surface area contributed by atoms with E-state index in [0.29, 0.717) is 25.7 Å². The minimum absolute atomic E-state index is 0.205. The molecule has 1 N–H and O–H groups in total. The van der Waals surface area contributed by atoms with Gasteiger partial charge in [-0.3, -0.25) is 9.59 Å². The summed E-state index contributed by atoms with van der Waals surface area (Å²) in [6, 6.07) is -1.01. The predicted molar refractivity (Wildman–Crippen MR) is 74.1 cm³/mol. The summed E-state index contributed by atoms with van der Waals surface area (Å²) in [6.07, 6.45) is 3.37. The first-order chi connectivity index (χ1) is 9.82. The number of rotatable bonds is 5. The largest absolute Gasteiger partial charge is 0.480 e. The molecule has 1 heterocycles. The van der Waals surface area contributed by atoms with Gasteiger partial charge in [0.1, 0.15) is 6.04 Å². The zero-order chi connectivity index (χ0) is 15.7. The Morgan fingerprint density at radius 2 is 1.90 bits per heavy atom. The van der Waals surface area contributed by atoms with Gasteiger partial charge < -0.3 is 9.84 Å². The van der Waals surface area contributed by atoms with E-state index >= 15 is 0 Å². The summed E-state index contributed by atoms with van der Waals surface area (Å²) in [5.41, 5.74) is -1.01. The summed E-state index contributed by atoms with van der Waals surface area (Å²) in [7, 11) is -2.54. The number of esters is 1. The maximum atomic E-state index is 12.6. The monoisotopic (exact) mass is 319 g/mol. The highest BCUT2D eigenvalue weighted by molar-refractivity contribution is 7.89. The van der Waals surface area contributed by atoms with Gasteiger partial charge in [0.2, 0.25) is 10.0 Å². The molecule has 0 radical (unpaired) electrons. The molecule has 0 spiro atoms. The maximum absolute atomic E-state index is 12.6. The quantitative estimate of drug-likeness (QED) is 0.745. The van der Waals surface area contributed by atoms with Gasteiger partial charge in [0.05, 0.1) is 18.3 Å². The van der Waals surface area contributed by atoms with Crippen LogP contribution >= 0.6 is 0 Å². The molecule has 1 saturated carbocycles. The van der Waals surface area contributed by atoms with Gasteiger partial charge in [-0.05, 0) is 25.7 Å². The summed E-state index contributed by atoms with van der Waals surface area (Å²) in [6.45, 7) is 0.205. The molecule has 1 aliphatic heterocycles. The van der Waals surface area contributed by atoms with Crippen LogP contribution in [0.4, 0.5) is 0 Å². The van der Waals surface area contributed by atoms with Gasteiger partial charge in [-0.1, -0.05) is 12.8 Å². The predicted octanol–water partition coefficient (Wildman–Crippen LogP) is 0.599. The van der Waals surface area contributed by atoms with Gasteiger partial charge in [-0.15, -0.1) is 0 Å². The molecule has 0 aromatic heterocycles. The van der Waals surface area contributed by atoms with Crippen molar-refractivity contribution in [2.24, 2.45) is 5.41 Å². The molecular weight excluding hydrogens is 298 g/mol. The molecule has 0 bridgehead atoms. The first-order valence-corrected chi connectivity index (χ1v) is 8.74. The summed E-state index contributed by atoms with van der Waals surface area (Å²) in [4.78, 5) is 23.2. The molecule has 1 saturated heterocycles. The number of carbonyl (C=O) groups excluding carboxylic acids is 1. The Labute approximate surface area is 124 Å². The highest BCUT2D eigenvalue weighted by atomic mass is 32.2. The topological polar surface area (TPSA) is 101 Å². The van der Waals surface area contributed by atoms with Crippen molar-refractivity contribution in [1.29, 1.82) is 0 Å². The third-order valence-corrected chi connectivity index (χ3v) is 6.55. The smallest absolute Gasteiger partial charge is 0.322 e. The molecule has 0 aromatic carbocycles. The van der Waals surface area contributed by atoms with Crippen LogP contribution in [0.25, 0.3) is 0 Å². The molecule has 2 aliphatic rings. The van der Waals surface area contributed by atoms with Crippen LogP contribution in [0.3, 0.4) is 0 Å². The van der Waals surface area contributed by atoms with Crippen molar-refractivity contribution in [3.63, 3.8) is 0 Å². The summed E-state index contributed by atoms with van der Waals surface area (Å²) >= 11 is 0. The van der Waals surface area contributed by atoms with Gasteiger partial charge in [0.25, 0.3) is 0 Å². The first-order valence-electron chi connectivity index (χ1n) is 7.13. The highest BCUT2D eigenvalue weighted by Gasteiger charge is 2.49. The fraction of sp³-hybridized carbons (Fsp3) is 0.846. The molecule has 120 valence electrons. The van der Waals surface area contributed by atoms with Crippen molar-refractivity contribution in [2.75, 3.05) is 19.4 Å². The molecule has 8 heteroatoms. The van der Waals surface area contributed by atoms with E-state index in [2.05, 4.69) is 0 Å². The van der Waals surface area contributed by atoms with E-state index in [4.69, 9.17) is 9.84 Å². The Morgan fingerprint density at radius 1 is 1.29 bits per heavy atom. The molecule has 21 heavy (non-hydrogen) atoms.